The summed E-state index contributed by atoms with van der Waals surface area (Å²) in [6.45, 7) is 3.00. The van der Waals surface area contributed by atoms with Gasteiger partial charge < -0.3 is 15.0 Å². The van der Waals surface area contributed by atoms with Crippen molar-refractivity contribution in [3.63, 3.8) is 0 Å². The number of amides is 1. The molecule has 1 aliphatic rings. The van der Waals surface area contributed by atoms with Crippen molar-refractivity contribution in [2.75, 3.05) is 25.0 Å². The number of likely N-dealkylation sites (tertiary alicyclic amines) is 1. The molecule has 0 radical (unpaired) electrons. The second-order valence-corrected chi connectivity index (χ2v) is 4.83. The minimum absolute atomic E-state index is 0.0662. The lowest BCUT2D eigenvalue weighted by molar-refractivity contribution is 0.0983. The molecule has 21 heavy (non-hydrogen) atoms. The smallest absolute Gasteiger partial charge is 0.409 e. The van der Waals surface area contributed by atoms with Crippen LogP contribution in [-0.4, -0.2) is 36.7 Å². The first-order valence-electron chi connectivity index (χ1n) is 6.84. The number of halogens is 3. The Morgan fingerprint density at radius 2 is 1.95 bits per heavy atom. The Hall–Kier alpha value is -1.92. The molecule has 1 aromatic carbocycles. The number of hydrogen-bond acceptors (Lipinski definition) is 3. The van der Waals surface area contributed by atoms with Gasteiger partial charge >= 0.3 is 6.09 Å². The minimum Gasteiger partial charge on any atom is -0.450 e. The van der Waals surface area contributed by atoms with Gasteiger partial charge in [-0.15, -0.1) is 0 Å². The van der Waals surface area contributed by atoms with Crippen molar-refractivity contribution in [1.29, 1.82) is 0 Å². The molecule has 0 bridgehead atoms. The summed E-state index contributed by atoms with van der Waals surface area (Å²) in [7, 11) is 0. The molecular formula is C14H17F3N2O2. The highest BCUT2D eigenvalue weighted by atomic mass is 19.2. The maximum Gasteiger partial charge on any atom is 0.409 e. The molecule has 0 aromatic heterocycles. The quantitative estimate of drug-likeness (QED) is 0.872. The Kier molecular flexibility index (Phi) is 4.93. The Morgan fingerprint density at radius 1 is 1.29 bits per heavy atom. The van der Waals surface area contributed by atoms with Crippen LogP contribution < -0.4 is 5.32 Å². The molecule has 0 aliphatic carbocycles. The number of rotatable bonds is 3. The summed E-state index contributed by atoms with van der Waals surface area (Å²) in [5.41, 5.74) is -0.0662. The van der Waals surface area contributed by atoms with Crippen molar-refractivity contribution in [2.24, 2.45) is 0 Å². The monoisotopic (exact) mass is 302 g/mol. The molecule has 1 aliphatic heterocycles. The van der Waals surface area contributed by atoms with Gasteiger partial charge in [0, 0.05) is 19.1 Å². The second kappa shape index (κ2) is 6.69. The maximum absolute atomic E-state index is 13.6. The molecule has 1 saturated heterocycles. The van der Waals surface area contributed by atoms with Crippen molar-refractivity contribution in [3.8, 4) is 0 Å². The molecular weight excluding hydrogens is 285 g/mol. The number of hydrogen-bond donors (Lipinski definition) is 1. The number of ether oxygens (including phenoxy) is 1. The van der Waals surface area contributed by atoms with Crippen molar-refractivity contribution in [2.45, 2.75) is 25.8 Å². The standard InChI is InChI=1S/C14H17F3N2O2/c1-2-21-14(20)19-7-5-9(6-8-19)18-11-4-3-10(15)12(16)13(11)17/h3-4,9,18H,2,5-8H2,1H3. The molecule has 2 rings (SSSR count). The number of nitrogens with one attached hydrogen (secondary N) is 1. The number of benzene rings is 1. The largest absolute Gasteiger partial charge is 0.450 e. The Labute approximate surface area is 120 Å². The molecule has 7 heteroatoms. The van der Waals surface area contributed by atoms with Gasteiger partial charge in [0.15, 0.2) is 17.5 Å². The van der Waals surface area contributed by atoms with Crippen LogP contribution in [-0.2, 0) is 4.74 Å². The maximum atomic E-state index is 13.6. The summed E-state index contributed by atoms with van der Waals surface area (Å²) < 4.78 is 44.4. The van der Waals surface area contributed by atoms with Crippen LogP contribution in [0.4, 0.5) is 23.7 Å². The van der Waals surface area contributed by atoms with E-state index in [4.69, 9.17) is 4.74 Å². The van der Waals surface area contributed by atoms with Gasteiger partial charge in [-0.2, -0.15) is 0 Å². The fraction of sp³-hybridized carbons (Fsp3) is 0.500. The zero-order valence-electron chi connectivity index (χ0n) is 11.7. The molecule has 1 aromatic rings. The number of nitrogens with zero attached hydrogens (tertiary/aromatic N) is 1. The van der Waals surface area contributed by atoms with Crippen LogP contribution in [0.1, 0.15) is 19.8 Å². The van der Waals surface area contributed by atoms with Crippen LogP contribution in [0.15, 0.2) is 12.1 Å². The van der Waals surface area contributed by atoms with E-state index in [1.807, 2.05) is 0 Å². The molecule has 0 atom stereocenters. The molecule has 1 N–H and O–H groups in total. The first-order valence-corrected chi connectivity index (χ1v) is 6.84. The van der Waals surface area contributed by atoms with E-state index in [9.17, 15) is 18.0 Å². The van der Waals surface area contributed by atoms with Gasteiger partial charge in [-0.1, -0.05) is 0 Å². The van der Waals surface area contributed by atoms with Crippen LogP contribution in [0.5, 0.6) is 0 Å². The number of carbonyl (C=O) groups is 1. The summed E-state index contributed by atoms with van der Waals surface area (Å²) in [6, 6.07) is 1.95. The van der Waals surface area contributed by atoms with Crippen LogP contribution in [0.25, 0.3) is 0 Å². The number of anilines is 1. The van der Waals surface area contributed by atoms with Crippen molar-refractivity contribution in [1.82, 2.24) is 4.90 Å². The predicted molar refractivity (Wildman–Crippen MR) is 71.6 cm³/mol. The van der Waals surface area contributed by atoms with E-state index in [-0.39, 0.29) is 17.8 Å². The topological polar surface area (TPSA) is 41.6 Å². The van der Waals surface area contributed by atoms with Crippen LogP contribution in [0.3, 0.4) is 0 Å². The van der Waals surface area contributed by atoms with Gasteiger partial charge in [-0.05, 0) is 31.9 Å². The highest BCUT2D eigenvalue weighted by molar-refractivity contribution is 5.67. The van der Waals surface area contributed by atoms with Gasteiger partial charge in [-0.25, -0.2) is 18.0 Å². The van der Waals surface area contributed by atoms with E-state index in [2.05, 4.69) is 5.32 Å². The molecule has 4 nitrogen and oxygen atoms in total. The minimum atomic E-state index is -1.48. The number of carbonyl (C=O) groups excluding carboxylic acids is 1. The van der Waals surface area contributed by atoms with Gasteiger partial charge in [0.05, 0.1) is 12.3 Å². The summed E-state index contributed by atoms with van der Waals surface area (Å²) in [5.74, 6) is -3.91. The van der Waals surface area contributed by atoms with Crippen LogP contribution in [0.2, 0.25) is 0 Å². The highest BCUT2D eigenvalue weighted by Crippen LogP contribution is 2.23. The van der Waals surface area contributed by atoms with E-state index in [0.29, 0.717) is 32.5 Å². The first kappa shape index (κ1) is 15.5. The van der Waals surface area contributed by atoms with Gasteiger partial charge in [-0.3, -0.25) is 0 Å². The SMILES string of the molecule is CCOC(=O)N1CCC(Nc2ccc(F)c(F)c2F)CC1. The van der Waals surface area contributed by atoms with E-state index >= 15 is 0 Å². The van der Waals surface area contributed by atoms with Crippen molar-refractivity contribution < 1.29 is 22.7 Å². The van der Waals surface area contributed by atoms with Gasteiger partial charge in [0.2, 0.25) is 0 Å². The summed E-state index contributed by atoms with van der Waals surface area (Å²) in [4.78, 5) is 13.1. The number of piperidine rings is 1. The molecule has 1 heterocycles. The van der Waals surface area contributed by atoms with Crippen LogP contribution >= 0.6 is 0 Å². The third-order valence-corrected chi connectivity index (χ3v) is 3.42. The zero-order chi connectivity index (χ0) is 15.4. The average molecular weight is 302 g/mol. The fourth-order valence-corrected chi connectivity index (χ4v) is 2.28. The summed E-state index contributed by atoms with van der Waals surface area (Å²) >= 11 is 0. The van der Waals surface area contributed by atoms with E-state index < -0.39 is 17.5 Å². The normalized spacial score (nSPS) is 15.9. The molecule has 1 amide bonds. The summed E-state index contributed by atoms with van der Waals surface area (Å²) in [6.07, 6.45) is 0.795. The fourth-order valence-electron chi connectivity index (χ4n) is 2.28. The van der Waals surface area contributed by atoms with Crippen molar-refractivity contribution in [3.05, 3.63) is 29.6 Å². The third-order valence-electron chi connectivity index (χ3n) is 3.42. The zero-order valence-corrected chi connectivity index (χ0v) is 11.7. The Morgan fingerprint density at radius 3 is 2.57 bits per heavy atom. The van der Waals surface area contributed by atoms with Gasteiger partial charge in [0.1, 0.15) is 0 Å². The first-order chi connectivity index (χ1) is 10.0. The predicted octanol–water partition coefficient (Wildman–Crippen LogP) is 3.14. The van der Waals surface area contributed by atoms with E-state index in [0.717, 1.165) is 6.07 Å². The lowest BCUT2D eigenvalue weighted by Crippen LogP contribution is -2.42. The summed E-state index contributed by atoms with van der Waals surface area (Å²) in [5, 5.41) is 2.85. The highest BCUT2D eigenvalue weighted by Gasteiger charge is 2.24. The third kappa shape index (κ3) is 3.59. The van der Waals surface area contributed by atoms with E-state index in [1.165, 1.54) is 6.07 Å². The van der Waals surface area contributed by atoms with Crippen LogP contribution in [0, 0.1) is 17.5 Å². The van der Waals surface area contributed by atoms with Gasteiger partial charge in [0.25, 0.3) is 0 Å². The average Bonchev–Trinajstić information content (AvgIpc) is 2.49. The molecule has 0 unspecified atom stereocenters. The van der Waals surface area contributed by atoms with E-state index in [1.54, 1.807) is 11.8 Å². The lowest BCUT2D eigenvalue weighted by atomic mass is 10.0. The van der Waals surface area contributed by atoms with Crippen molar-refractivity contribution >= 4 is 11.8 Å². The molecule has 116 valence electrons. The Bertz CT molecular complexity index is 517. The molecule has 0 saturated carbocycles. The lowest BCUT2D eigenvalue weighted by Gasteiger charge is -2.32. The molecule has 1 fully saturated rings. The Balaban J connectivity index is 1.92. The second-order valence-electron chi connectivity index (χ2n) is 4.83. The molecule has 0 spiro atoms.